The molecule has 1 aliphatic rings. The smallest absolute Gasteiger partial charge is 0.273 e. The summed E-state index contributed by atoms with van der Waals surface area (Å²) in [5.74, 6) is -0.581. The van der Waals surface area contributed by atoms with Crippen LogP contribution in [0.3, 0.4) is 0 Å². The molecule has 0 bridgehead atoms. The second-order valence-electron chi connectivity index (χ2n) is 6.38. The van der Waals surface area contributed by atoms with E-state index in [0.717, 1.165) is 10.8 Å². The van der Waals surface area contributed by atoms with Gasteiger partial charge in [-0.3, -0.25) is 20.4 Å². The summed E-state index contributed by atoms with van der Waals surface area (Å²) in [5, 5.41) is 1.81. The van der Waals surface area contributed by atoms with Crippen LogP contribution in [0.25, 0.3) is 10.8 Å². The van der Waals surface area contributed by atoms with Gasteiger partial charge in [0, 0.05) is 6.42 Å². The molecular weight excluding hydrogens is 356 g/mol. The molecule has 0 spiro atoms. The predicted molar refractivity (Wildman–Crippen MR) is 97.5 cm³/mol. The number of rotatable bonds is 4. The van der Waals surface area contributed by atoms with Crippen molar-refractivity contribution in [2.24, 2.45) is 5.92 Å². The van der Waals surface area contributed by atoms with Gasteiger partial charge in [0.15, 0.2) is 9.84 Å². The Morgan fingerprint density at radius 3 is 2.46 bits per heavy atom. The summed E-state index contributed by atoms with van der Waals surface area (Å²) in [4.78, 5) is 24.4. The summed E-state index contributed by atoms with van der Waals surface area (Å²) in [6.45, 7) is 0. The lowest BCUT2D eigenvalue weighted by Crippen LogP contribution is -2.42. The van der Waals surface area contributed by atoms with Gasteiger partial charge >= 0.3 is 0 Å². The molecule has 2 N–H and O–H groups in total. The van der Waals surface area contributed by atoms with Gasteiger partial charge in [0.25, 0.3) is 5.91 Å². The Hall–Kier alpha value is -2.61. The monoisotopic (exact) mass is 376 g/mol. The molecular formula is C18H20N2O5S. The molecule has 3 rings (SSSR count). The number of benzene rings is 2. The third-order valence-electron chi connectivity index (χ3n) is 4.43. The van der Waals surface area contributed by atoms with Crippen molar-refractivity contribution in [2.45, 2.75) is 12.8 Å². The lowest BCUT2D eigenvalue weighted by molar-refractivity contribution is -0.122. The van der Waals surface area contributed by atoms with E-state index in [9.17, 15) is 18.0 Å². The highest BCUT2D eigenvalue weighted by atomic mass is 32.2. The third-order valence-corrected chi connectivity index (χ3v) is 6.27. The summed E-state index contributed by atoms with van der Waals surface area (Å²) in [6, 6.07) is 11.0. The van der Waals surface area contributed by atoms with Crippen molar-refractivity contribution in [2.75, 3.05) is 18.6 Å². The highest BCUT2D eigenvalue weighted by molar-refractivity contribution is 7.91. The van der Waals surface area contributed by atoms with Crippen LogP contribution in [0.4, 0.5) is 0 Å². The molecule has 0 aromatic heterocycles. The predicted octanol–water partition coefficient (Wildman–Crippen LogP) is 1.43. The normalized spacial score (nSPS) is 18.4. The number of fused-ring (bicyclic) bond motifs is 1. The van der Waals surface area contributed by atoms with E-state index in [2.05, 4.69) is 10.9 Å². The van der Waals surface area contributed by atoms with Crippen LogP contribution >= 0.6 is 0 Å². The summed E-state index contributed by atoms with van der Waals surface area (Å²) < 4.78 is 28.1. The Balaban J connectivity index is 1.64. The molecule has 2 aromatic rings. The topological polar surface area (TPSA) is 102 Å². The van der Waals surface area contributed by atoms with Gasteiger partial charge in [-0.15, -0.1) is 0 Å². The SMILES string of the molecule is COc1cc2ccccc2cc1C(=O)NNC(=O)C[C@H]1CCS(=O)(=O)C1. The first kappa shape index (κ1) is 18.2. The molecule has 1 fully saturated rings. The largest absolute Gasteiger partial charge is 0.496 e. The number of hydrogen-bond donors (Lipinski definition) is 2. The molecule has 26 heavy (non-hydrogen) atoms. The number of methoxy groups -OCH3 is 1. The minimum absolute atomic E-state index is 0.0207. The lowest BCUT2D eigenvalue weighted by Gasteiger charge is -2.13. The average molecular weight is 376 g/mol. The zero-order valence-electron chi connectivity index (χ0n) is 14.3. The summed E-state index contributed by atoms with van der Waals surface area (Å²) in [5.41, 5.74) is 5.01. The van der Waals surface area contributed by atoms with Crippen LogP contribution in [0.2, 0.25) is 0 Å². The Bertz CT molecular complexity index is 955. The van der Waals surface area contributed by atoms with Crippen molar-refractivity contribution in [3.05, 3.63) is 42.0 Å². The van der Waals surface area contributed by atoms with Crippen LogP contribution in [0, 0.1) is 5.92 Å². The van der Waals surface area contributed by atoms with Gasteiger partial charge in [0.05, 0.1) is 24.2 Å². The number of hydrazine groups is 1. The maximum Gasteiger partial charge on any atom is 0.273 e. The van der Waals surface area contributed by atoms with Gasteiger partial charge in [-0.05, 0) is 35.2 Å². The molecule has 0 radical (unpaired) electrons. The molecule has 1 atom stereocenters. The molecule has 2 amide bonds. The van der Waals surface area contributed by atoms with Crippen molar-refractivity contribution >= 4 is 32.4 Å². The van der Waals surface area contributed by atoms with Gasteiger partial charge in [-0.25, -0.2) is 8.42 Å². The van der Waals surface area contributed by atoms with E-state index in [4.69, 9.17) is 4.74 Å². The minimum atomic E-state index is -3.03. The third kappa shape index (κ3) is 4.13. The average Bonchev–Trinajstić information content (AvgIpc) is 2.96. The summed E-state index contributed by atoms with van der Waals surface area (Å²) in [6.07, 6.45) is 0.538. The fourth-order valence-electron chi connectivity index (χ4n) is 3.11. The number of carbonyl (C=O) groups excluding carboxylic acids is 2. The maximum absolute atomic E-state index is 12.4. The van der Waals surface area contributed by atoms with Crippen LogP contribution < -0.4 is 15.6 Å². The second kappa shape index (κ2) is 7.33. The molecule has 1 heterocycles. The molecule has 2 aromatic carbocycles. The quantitative estimate of drug-likeness (QED) is 0.786. The van der Waals surface area contributed by atoms with Crippen molar-refractivity contribution in [1.29, 1.82) is 0 Å². The van der Waals surface area contributed by atoms with E-state index in [0.29, 0.717) is 17.7 Å². The first-order valence-corrected chi connectivity index (χ1v) is 10.1. The fraction of sp³-hybridized carbons (Fsp3) is 0.333. The Morgan fingerprint density at radius 1 is 1.15 bits per heavy atom. The summed E-state index contributed by atoms with van der Waals surface area (Å²) >= 11 is 0. The van der Waals surface area contributed by atoms with Crippen molar-refractivity contribution in [1.82, 2.24) is 10.9 Å². The number of nitrogens with one attached hydrogen (secondary N) is 2. The number of hydrogen-bond acceptors (Lipinski definition) is 5. The van der Waals surface area contributed by atoms with E-state index in [-0.39, 0.29) is 23.8 Å². The summed E-state index contributed by atoms with van der Waals surface area (Å²) in [7, 11) is -1.56. The first-order valence-electron chi connectivity index (χ1n) is 8.24. The Labute approximate surface area is 151 Å². The van der Waals surface area contributed by atoms with Gasteiger partial charge in [-0.1, -0.05) is 24.3 Å². The van der Waals surface area contributed by atoms with Gasteiger partial charge < -0.3 is 4.74 Å². The van der Waals surface area contributed by atoms with Crippen LogP contribution in [-0.2, 0) is 14.6 Å². The van der Waals surface area contributed by atoms with E-state index >= 15 is 0 Å². The van der Waals surface area contributed by atoms with Crippen LogP contribution in [0.15, 0.2) is 36.4 Å². The van der Waals surface area contributed by atoms with E-state index in [1.54, 1.807) is 12.1 Å². The zero-order valence-corrected chi connectivity index (χ0v) is 15.1. The molecule has 0 unspecified atom stereocenters. The van der Waals surface area contributed by atoms with E-state index < -0.39 is 21.7 Å². The molecule has 0 saturated carbocycles. The molecule has 1 saturated heterocycles. The molecule has 0 aliphatic carbocycles. The van der Waals surface area contributed by atoms with Gasteiger partial charge in [-0.2, -0.15) is 0 Å². The highest BCUT2D eigenvalue weighted by Crippen LogP contribution is 2.26. The standard InChI is InChI=1S/C18H20N2O5S/c1-25-16-10-14-5-3-2-4-13(14)9-15(16)18(22)20-19-17(21)8-12-6-7-26(23,24)11-12/h2-5,9-10,12H,6-8,11H2,1H3,(H,19,21)(H,20,22)/t12-/m1/s1. The molecule has 1 aliphatic heterocycles. The number of sulfone groups is 1. The van der Waals surface area contributed by atoms with Crippen LogP contribution in [0.1, 0.15) is 23.2 Å². The maximum atomic E-state index is 12.4. The van der Waals surface area contributed by atoms with Crippen molar-refractivity contribution in [3.8, 4) is 5.75 Å². The van der Waals surface area contributed by atoms with Gasteiger partial charge in [0.1, 0.15) is 5.75 Å². The Kier molecular flexibility index (Phi) is 5.13. The van der Waals surface area contributed by atoms with Crippen LogP contribution in [-0.4, -0.2) is 38.8 Å². The molecule has 7 nitrogen and oxygen atoms in total. The Morgan fingerprint density at radius 2 is 1.85 bits per heavy atom. The molecule has 138 valence electrons. The van der Waals surface area contributed by atoms with Crippen molar-refractivity contribution in [3.63, 3.8) is 0 Å². The second-order valence-corrected chi connectivity index (χ2v) is 8.60. The lowest BCUT2D eigenvalue weighted by atomic mass is 10.1. The zero-order chi connectivity index (χ0) is 18.7. The van der Waals surface area contributed by atoms with Gasteiger partial charge in [0.2, 0.25) is 5.91 Å². The number of carbonyl (C=O) groups is 2. The van der Waals surface area contributed by atoms with Crippen molar-refractivity contribution < 1.29 is 22.7 Å². The molecule has 8 heteroatoms. The highest BCUT2D eigenvalue weighted by Gasteiger charge is 2.29. The van der Waals surface area contributed by atoms with E-state index in [1.165, 1.54) is 7.11 Å². The fourth-order valence-corrected chi connectivity index (χ4v) is 4.97. The number of ether oxygens (including phenoxy) is 1. The minimum Gasteiger partial charge on any atom is -0.496 e. The number of amides is 2. The first-order chi connectivity index (χ1) is 12.4. The van der Waals surface area contributed by atoms with Crippen LogP contribution in [0.5, 0.6) is 5.75 Å². The van der Waals surface area contributed by atoms with E-state index in [1.807, 2.05) is 24.3 Å².